The smallest absolute Gasteiger partial charge is 0.336 e. The van der Waals surface area contributed by atoms with Crippen molar-refractivity contribution in [1.82, 2.24) is 0 Å². The highest BCUT2D eigenvalue weighted by molar-refractivity contribution is 5.88. The van der Waals surface area contributed by atoms with Crippen LogP contribution in [0.25, 0.3) is 0 Å². The first kappa shape index (κ1) is 25.5. The third kappa shape index (κ3) is 10.2. The van der Waals surface area contributed by atoms with Gasteiger partial charge in [-0.3, -0.25) is 9.59 Å². The zero-order chi connectivity index (χ0) is 20.8. The summed E-state index contributed by atoms with van der Waals surface area (Å²) in [6.45, 7) is 18.8. The standard InChI is InChI=1S/C12H20N.C6H8O7/c1-5-9-13(10-6-2,11-7-3)12-8-4;7-3(8)1-6(13,5(11)12)2-4(9)10/h5-8H,1-4,9-12H2;13H,1-2H2,(H,7,8)(H,9,10)(H,11,12)/q+1;. The molecule has 146 valence electrons. The molecule has 0 unspecified atom stereocenters. The molecule has 8 heteroatoms. The molecule has 0 aliphatic heterocycles. The van der Waals surface area contributed by atoms with E-state index in [4.69, 9.17) is 20.4 Å². The van der Waals surface area contributed by atoms with Crippen LogP contribution in [0, 0.1) is 0 Å². The molecule has 0 aromatic rings. The van der Waals surface area contributed by atoms with E-state index in [-0.39, 0.29) is 0 Å². The van der Waals surface area contributed by atoms with Crippen LogP contribution < -0.4 is 0 Å². The molecular formula is C18H28NO7+. The van der Waals surface area contributed by atoms with Gasteiger partial charge in [-0.15, -0.1) is 0 Å². The van der Waals surface area contributed by atoms with Gasteiger partial charge in [0.25, 0.3) is 0 Å². The van der Waals surface area contributed by atoms with Crippen LogP contribution in [0.4, 0.5) is 0 Å². The van der Waals surface area contributed by atoms with Crippen molar-refractivity contribution in [3.8, 4) is 0 Å². The number of quaternary nitrogens is 1. The van der Waals surface area contributed by atoms with Crippen molar-refractivity contribution in [2.45, 2.75) is 18.4 Å². The van der Waals surface area contributed by atoms with Gasteiger partial charge < -0.3 is 24.9 Å². The largest absolute Gasteiger partial charge is 0.481 e. The van der Waals surface area contributed by atoms with Gasteiger partial charge in [0.1, 0.15) is 0 Å². The monoisotopic (exact) mass is 370 g/mol. The van der Waals surface area contributed by atoms with E-state index in [1.807, 2.05) is 24.3 Å². The molecule has 0 aromatic carbocycles. The highest BCUT2D eigenvalue weighted by Crippen LogP contribution is 2.15. The fourth-order valence-electron chi connectivity index (χ4n) is 2.26. The Kier molecular flexibility index (Phi) is 12.4. The van der Waals surface area contributed by atoms with E-state index in [1.54, 1.807) is 0 Å². The maximum absolute atomic E-state index is 10.3. The molecule has 0 fully saturated rings. The summed E-state index contributed by atoms with van der Waals surface area (Å²) in [5, 5.41) is 33.8. The summed E-state index contributed by atoms with van der Waals surface area (Å²) in [4.78, 5) is 30.5. The van der Waals surface area contributed by atoms with E-state index >= 15 is 0 Å². The Morgan fingerprint density at radius 3 is 1.15 bits per heavy atom. The van der Waals surface area contributed by atoms with Gasteiger partial charge in [0.2, 0.25) is 0 Å². The molecule has 0 radical (unpaired) electrons. The van der Waals surface area contributed by atoms with Crippen LogP contribution >= 0.6 is 0 Å². The average Bonchev–Trinajstić information content (AvgIpc) is 2.47. The molecule has 0 saturated carbocycles. The van der Waals surface area contributed by atoms with Gasteiger partial charge >= 0.3 is 17.9 Å². The fraction of sp³-hybridized carbons (Fsp3) is 0.389. The number of carboxylic acid groups (broad SMARTS) is 3. The van der Waals surface area contributed by atoms with Gasteiger partial charge in [0.15, 0.2) is 5.60 Å². The van der Waals surface area contributed by atoms with Gasteiger partial charge in [-0.05, 0) is 24.3 Å². The topological polar surface area (TPSA) is 132 Å². The lowest BCUT2D eigenvalue weighted by Crippen LogP contribution is -2.48. The number of carboxylic acids is 3. The van der Waals surface area contributed by atoms with Crippen LogP contribution in [-0.2, 0) is 14.4 Å². The summed E-state index contributed by atoms with van der Waals surface area (Å²) in [6, 6.07) is 0. The first-order valence-electron chi connectivity index (χ1n) is 7.70. The van der Waals surface area contributed by atoms with Crippen molar-refractivity contribution in [1.29, 1.82) is 0 Å². The quantitative estimate of drug-likeness (QED) is 0.284. The van der Waals surface area contributed by atoms with Crippen LogP contribution in [0.5, 0.6) is 0 Å². The average molecular weight is 370 g/mol. The first-order chi connectivity index (χ1) is 12.0. The second kappa shape index (κ2) is 12.6. The minimum absolute atomic E-state index is 0.903. The van der Waals surface area contributed by atoms with Gasteiger partial charge in [0.05, 0.1) is 39.0 Å². The Hall–Kier alpha value is -2.71. The van der Waals surface area contributed by atoms with E-state index in [0.29, 0.717) is 0 Å². The maximum Gasteiger partial charge on any atom is 0.336 e. The van der Waals surface area contributed by atoms with E-state index in [9.17, 15) is 14.4 Å². The van der Waals surface area contributed by atoms with Crippen LogP contribution in [0.3, 0.4) is 0 Å². The predicted octanol–water partition coefficient (Wildman–Crippen LogP) is 1.30. The molecule has 4 N–H and O–H groups in total. The molecule has 0 atom stereocenters. The zero-order valence-electron chi connectivity index (χ0n) is 14.8. The first-order valence-corrected chi connectivity index (χ1v) is 7.70. The molecule has 0 aliphatic rings. The summed E-state index contributed by atoms with van der Waals surface area (Å²) in [5.74, 6) is -5.02. The normalized spacial score (nSPS) is 10.7. The van der Waals surface area contributed by atoms with Crippen molar-refractivity contribution in [3.05, 3.63) is 50.6 Å². The summed E-state index contributed by atoms with van der Waals surface area (Å²) >= 11 is 0. The molecule has 0 heterocycles. The van der Waals surface area contributed by atoms with Gasteiger partial charge in [-0.25, -0.2) is 4.79 Å². The number of aliphatic carboxylic acids is 3. The number of carbonyl (C=O) groups is 3. The number of hydrogen-bond donors (Lipinski definition) is 4. The van der Waals surface area contributed by atoms with Crippen LogP contribution in [0.1, 0.15) is 12.8 Å². The van der Waals surface area contributed by atoms with Gasteiger partial charge in [0, 0.05) is 0 Å². The fourth-order valence-corrected chi connectivity index (χ4v) is 2.26. The van der Waals surface area contributed by atoms with Crippen molar-refractivity contribution >= 4 is 17.9 Å². The predicted molar refractivity (Wildman–Crippen MR) is 97.6 cm³/mol. The molecule has 0 spiro atoms. The lowest BCUT2D eigenvalue weighted by atomic mass is 9.96. The Balaban J connectivity index is 0. The zero-order valence-corrected chi connectivity index (χ0v) is 14.8. The lowest BCUT2D eigenvalue weighted by molar-refractivity contribution is -0.906. The SMILES string of the molecule is C=CC[N+](CC=C)(CC=C)CC=C.O=C(O)CC(O)(CC(=O)O)C(=O)O. The molecule has 0 bridgehead atoms. The Bertz CT molecular complexity index is 478. The molecule has 8 nitrogen and oxygen atoms in total. The Morgan fingerprint density at radius 1 is 0.731 bits per heavy atom. The third-order valence-corrected chi connectivity index (χ3v) is 3.35. The van der Waals surface area contributed by atoms with Crippen molar-refractivity contribution in [2.24, 2.45) is 0 Å². The molecule has 0 amide bonds. The molecule has 0 aromatic heterocycles. The third-order valence-electron chi connectivity index (χ3n) is 3.35. The van der Waals surface area contributed by atoms with Gasteiger partial charge in [-0.1, -0.05) is 26.3 Å². The Morgan fingerprint density at radius 2 is 1.00 bits per heavy atom. The van der Waals surface area contributed by atoms with E-state index in [1.165, 1.54) is 0 Å². The maximum atomic E-state index is 10.3. The second-order valence-corrected chi connectivity index (χ2v) is 5.70. The highest BCUT2D eigenvalue weighted by Gasteiger charge is 2.40. The van der Waals surface area contributed by atoms with E-state index in [0.717, 1.165) is 30.7 Å². The summed E-state index contributed by atoms with van der Waals surface area (Å²) < 4.78 is 0.903. The second-order valence-electron chi connectivity index (χ2n) is 5.70. The van der Waals surface area contributed by atoms with Crippen molar-refractivity contribution in [2.75, 3.05) is 26.2 Å². The molecule has 0 aliphatic carbocycles. The minimum Gasteiger partial charge on any atom is -0.481 e. The van der Waals surface area contributed by atoms with E-state index in [2.05, 4.69) is 26.3 Å². The minimum atomic E-state index is -2.74. The molecule has 0 rings (SSSR count). The highest BCUT2D eigenvalue weighted by atomic mass is 16.4. The van der Waals surface area contributed by atoms with Crippen LogP contribution in [-0.4, -0.2) is 74.6 Å². The van der Waals surface area contributed by atoms with Crippen molar-refractivity contribution < 1.29 is 39.3 Å². The number of aliphatic hydroxyl groups is 1. The number of hydrogen-bond acceptors (Lipinski definition) is 4. The summed E-state index contributed by atoms with van der Waals surface area (Å²) in [7, 11) is 0. The molecule has 26 heavy (non-hydrogen) atoms. The van der Waals surface area contributed by atoms with E-state index < -0.39 is 36.4 Å². The summed E-state index contributed by atoms with van der Waals surface area (Å²) in [5.41, 5.74) is -2.74. The number of nitrogens with zero attached hydrogens (tertiary/aromatic N) is 1. The Labute approximate surface area is 153 Å². The van der Waals surface area contributed by atoms with Crippen molar-refractivity contribution in [3.63, 3.8) is 0 Å². The lowest BCUT2D eigenvalue weighted by Gasteiger charge is -2.35. The summed E-state index contributed by atoms with van der Waals surface area (Å²) in [6.07, 6.45) is 5.48. The molecular weight excluding hydrogens is 342 g/mol. The van der Waals surface area contributed by atoms with Gasteiger partial charge in [-0.2, -0.15) is 0 Å². The van der Waals surface area contributed by atoms with Crippen LogP contribution in [0.2, 0.25) is 0 Å². The molecule has 0 saturated heterocycles. The van der Waals surface area contributed by atoms with Crippen LogP contribution in [0.15, 0.2) is 50.6 Å². The number of rotatable bonds is 13.